The van der Waals surface area contributed by atoms with Gasteiger partial charge in [0.05, 0.1) is 12.0 Å². The van der Waals surface area contributed by atoms with Crippen LogP contribution >= 0.6 is 23.7 Å². The molecule has 1 aliphatic rings. The minimum Gasteiger partial charge on any atom is -0.384 e. The summed E-state index contributed by atoms with van der Waals surface area (Å²) in [7, 11) is 1.63. The third-order valence-corrected chi connectivity index (χ3v) is 3.65. The normalized spacial score (nSPS) is 17.8. The molecule has 0 bridgehead atoms. The Hall–Kier alpha value is -0.760. The summed E-state index contributed by atoms with van der Waals surface area (Å²) in [6.45, 7) is 2.12. The highest BCUT2D eigenvalue weighted by Crippen LogP contribution is 2.30. The fourth-order valence-corrected chi connectivity index (χ4v) is 2.52. The van der Waals surface area contributed by atoms with Crippen LogP contribution < -0.4 is 10.6 Å². The van der Waals surface area contributed by atoms with Crippen LogP contribution in [0.4, 0.5) is 5.13 Å². The maximum absolute atomic E-state index is 12.3. The van der Waals surface area contributed by atoms with Gasteiger partial charge in [-0.3, -0.25) is 10.1 Å². The third-order valence-electron chi connectivity index (χ3n) is 3.04. The molecular formula is C10H17ClN4O2S. The van der Waals surface area contributed by atoms with Gasteiger partial charge in [0.25, 0.3) is 0 Å². The lowest BCUT2D eigenvalue weighted by Crippen LogP contribution is -2.47. The summed E-state index contributed by atoms with van der Waals surface area (Å²) in [5.74, 6) is -0.0161. The van der Waals surface area contributed by atoms with Crippen LogP contribution in [0.1, 0.15) is 12.8 Å². The molecule has 1 saturated heterocycles. The zero-order chi connectivity index (χ0) is 12.1. The number of ether oxygens (including phenoxy) is 1. The molecule has 2 heterocycles. The molecule has 2 N–H and O–H groups in total. The first-order valence-electron chi connectivity index (χ1n) is 5.54. The number of aromatic nitrogens is 2. The van der Waals surface area contributed by atoms with Crippen molar-refractivity contribution < 1.29 is 9.53 Å². The predicted octanol–water partition coefficient (Wildman–Crippen LogP) is 0.915. The monoisotopic (exact) mass is 292 g/mol. The number of nitrogens with zero attached hydrogens (tertiary/aromatic N) is 2. The van der Waals surface area contributed by atoms with Crippen molar-refractivity contribution in [2.24, 2.45) is 5.41 Å². The van der Waals surface area contributed by atoms with E-state index < -0.39 is 5.41 Å². The van der Waals surface area contributed by atoms with Gasteiger partial charge in [-0.15, -0.1) is 22.6 Å². The number of anilines is 1. The molecule has 1 amide bonds. The Bertz CT molecular complexity index is 362. The smallest absolute Gasteiger partial charge is 0.234 e. The Labute approximate surface area is 116 Å². The van der Waals surface area contributed by atoms with Crippen molar-refractivity contribution in [2.75, 3.05) is 32.1 Å². The fraction of sp³-hybridized carbons (Fsp3) is 0.700. The van der Waals surface area contributed by atoms with E-state index in [1.165, 1.54) is 11.3 Å². The first-order valence-corrected chi connectivity index (χ1v) is 6.42. The van der Waals surface area contributed by atoms with Gasteiger partial charge in [0.2, 0.25) is 11.0 Å². The van der Waals surface area contributed by atoms with Gasteiger partial charge in [-0.1, -0.05) is 11.3 Å². The summed E-state index contributed by atoms with van der Waals surface area (Å²) in [5, 5.41) is 14.1. The van der Waals surface area contributed by atoms with Crippen molar-refractivity contribution in [3.05, 3.63) is 5.51 Å². The molecule has 18 heavy (non-hydrogen) atoms. The maximum atomic E-state index is 12.3. The number of hydrogen-bond acceptors (Lipinski definition) is 6. The summed E-state index contributed by atoms with van der Waals surface area (Å²) in [6, 6.07) is 0. The van der Waals surface area contributed by atoms with E-state index in [0.717, 1.165) is 25.9 Å². The Kier molecular flexibility index (Phi) is 5.94. The summed E-state index contributed by atoms with van der Waals surface area (Å²) in [5.41, 5.74) is 1.16. The van der Waals surface area contributed by atoms with Gasteiger partial charge in [0.1, 0.15) is 5.51 Å². The van der Waals surface area contributed by atoms with Gasteiger partial charge in [0.15, 0.2) is 0 Å². The van der Waals surface area contributed by atoms with Crippen LogP contribution in [0.3, 0.4) is 0 Å². The molecule has 0 spiro atoms. The van der Waals surface area contributed by atoms with E-state index in [0.29, 0.717) is 11.7 Å². The minimum absolute atomic E-state index is 0. The Morgan fingerprint density at radius 2 is 2.33 bits per heavy atom. The van der Waals surface area contributed by atoms with Crippen LogP contribution in [0, 0.1) is 5.41 Å². The number of hydrogen-bond donors (Lipinski definition) is 2. The SMILES string of the molecule is COCC1(C(=O)Nc2nncs2)CCNCC1.Cl. The van der Waals surface area contributed by atoms with Crippen molar-refractivity contribution in [3.63, 3.8) is 0 Å². The van der Waals surface area contributed by atoms with Crippen LogP contribution in [0.5, 0.6) is 0 Å². The van der Waals surface area contributed by atoms with E-state index in [9.17, 15) is 4.79 Å². The average Bonchev–Trinajstić information content (AvgIpc) is 2.83. The van der Waals surface area contributed by atoms with Crippen molar-refractivity contribution in [2.45, 2.75) is 12.8 Å². The lowest BCUT2D eigenvalue weighted by Gasteiger charge is -2.35. The fourth-order valence-electron chi connectivity index (χ4n) is 2.08. The number of rotatable bonds is 4. The summed E-state index contributed by atoms with van der Waals surface area (Å²) >= 11 is 1.32. The summed E-state index contributed by atoms with van der Waals surface area (Å²) in [4.78, 5) is 12.3. The van der Waals surface area contributed by atoms with E-state index in [-0.39, 0.29) is 18.3 Å². The summed E-state index contributed by atoms with van der Waals surface area (Å²) < 4.78 is 5.20. The highest BCUT2D eigenvalue weighted by molar-refractivity contribution is 7.13. The van der Waals surface area contributed by atoms with Crippen LogP contribution in [0.25, 0.3) is 0 Å². The molecule has 0 unspecified atom stereocenters. The van der Waals surface area contributed by atoms with E-state index in [2.05, 4.69) is 20.8 Å². The second kappa shape index (κ2) is 6.98. The Balaban J connectivity index is 0.00000162. The maximum Gasteiger partial charge on any atom is 0.234 e. The van der Waals surface area contributed by atoms with Gasteiger partial charge < -0.3 is 10.1 Å². The van der Waals surface area contributed by atoms with Gasteiger partial charge >= 0.3 is 0 Å². The number of carbonyl (C=O) groups excluding carboxylic acids is 1. The number of amides is 1. The van der Waals surface area contributed by atoms with Crippen molar-refractivity contribution in [1.82, 2.24) is 15.5 Å². The number of halogens is 1. The molecule has 1 aromatic heterocycles. The molecule has 102 valence electrons. The number of piperidine rings is 1. The Morgan fingerprint density at radius 3 is 2.89 bits per heavy atom. The molecule has 8 heteroatoms. The van der Waals surface area contributed by atoms with Crippen LogP contribution in [0.2, 0.25) is 0 Å². The molecular weight excluding hydrogens is 276 g/mol. The standard InChI is InChI=1S/C10H16N4O2S.ClH/c1-16-6-10(2-4-11-5-3-10)8(15)13-9-14-12-7-17-9;/h7,11H,2-6H2,1H3,(H,13,14,15);1H. The van der Waals surface area contributed by atoms with Crippen molar-refractivity contribution in [3.8, 4) is 0 Å². The van der Waals surface area contributed by atoms with Gasteiger partial charge in [-0.25, -0.2) is 0 Å². The lowest BCUT2D eigenvalue weighted by molar-refractivity contribution is -0.130. The zero-order valence-electron chi connectivity index (χ0n) is 10.1. The molecule has 1 fully saturated rings. The van der Waals surface area contributed by atoms with E-state index in [1.807, 2.05) is 0 Å². The molecule has 0 atom stereocenters. The number of carbonyl (C=O) groups is 1. The first kappa shape index (κ1) is 15.3. The highest BCUT2D eigenvalue weighted by Gasteiger charge is 2.39. The summed E-state index contributed by atoms with van der Waals surface area (Å²) in [6.07, 6.45) is 1.57. The molecule has 1 aromatic rings. The van der Waals surface area contributed by atoms with Crippen molar-refractivity contribution >= 4 is 34.8 Å². The lowest BCUT2D eigenvalue weighted by atomic mass is 9.79. The van der Waals surface area contributed by atoms with E-state index in [1.54, 1.807) is 12.6 Å². The van der Waals surface area contributed by atoms with Gasteiger partial charge in [-0.2, -0.15) is 0 Å². The minimum atomic E-state index is -0.439. The number of nitrogens with one attached hydrogen (secondary N) is 2. The second-order valence-corrected chi connectivity index (χ2v) is 4.99. The third kappa shape index (κ3) is 3.38. The van der Waals surface area contributed by atoms with Crippen LogP contribution in [-0.2, 0) is 9.53 Å². The molecule has 6 nitrogen and oxygen atoms in total. The highest BCUT2D eigenvalue weighted by atomic mass is 35.5. The average molecular weight is 293 g/mol. The van der Waals surface area contributed by atoms with Crippen LogP contribution in [-0.4, -0.2) is 42.9 Å². The molecule has 0 saturated carbocycles. The number of methoxy groups -OCH3 is 1. The molecule has 2 rings (SSSR count). The molecule has 1 aliphatic heterocycles. The zero-order valence-corrected chi connectivity index (χ0v) is 11.8. The van der Waals surface area contributed by atoms with E-state index >= 15 is 0 Å². The van der Waals surface area contributed by atoms with Crippen LogP contribution in [0.15, 0.2) is 5.51 Å². The van der Waals surface area contributed by atoms with E-state index in [4.69, 9.17) is 4.74 Å². The molecule has 0 aliphatic carbocycles. The molecule has 0 aromatic carbocycles. The quantitative estimate of drug-likeness (QED) is 0.863. The largest absolute Gasteiger partial charge is 0.384 e. The predicted molar refractivity (Wildman–Crippen MR) is 72.2 cm³/mol. The van der Waals surface area contributed by atoms with Gasteiger partial charge in [0, 0.05) is 7.11 Å². The first-order chi connectivity index (χ1) is 8.27. The molecule has 0 radical (unpaired) electrons. The van der Waals surface area contributed by atoms with Crippen molar-refractivity contribution in [1.29, 1.82) is 0 Å². The topological polar surface area (TPSA) is 76.1 Å². The second-order valence-electron chi connectivity index (χ2n) is 4.16. The Morgan fingerprint density at radius 1 is 1.61 bits per heavy atom. The van der Waals surface area contributed by atoms with Gasteiger partial charge in [-0.05, 0) is 25.9 Å².